The number of carboxylic acid groups (broad SMARTS) is 1. The lowest BCUT2D eigenvalue weighted by Crippen LogP contribution is -2.46. The van der Waals surface area contributed by atoms with Gasteiger partial charge in [-0.3, -0.25) is 4.90 Å². The third-order valence-electron chi connectivity index (χ3n) is 4.87. The Kier molecular flexibility index (Phi) is 5.31. The third kappa shape index (κ3) is 3.74. The highest BCUT2D eigenvalue weighted by molar-refractivity contribution is 7.09. The summed E-state index contributed by atoms with van der Waals surface area (Å²) in [5.41, 5.74) is 0.769. The van der Waals surface area contributed by atoms with Crippen LogP contribution in [0, 0.1) is 0 Å². The van der Waals surface area contributed by atoms with E-state index in [9.17, 15) is 9.90 Å². The summed E-state index contributed by atoms with van der Waals surface area (Å²) in [5.74, 6) is 0.325. The minimum atomic E-state index is -1.04. The molecule has 28 heavy (non-hydrogen) atoms. The van der Waals surface area contributed by atoms with Crippen LogP contribution in [0.3, 0.4) is 0 Å². The fourth-order valence-corrected chi connectivity index (χ4v) is 4.12. The minimum absolute atomic E-state index is 0.108. The summed E-state index contributed by atoms with van der Waals surface area (Å²) in [6, 6.07) is 11.3. The van der Waals surface area contributed by atoms with Gasteiger partial charge >= 0.3 is 5.97 Å². The van der Waals surface area contributed by atoms with E-state index in [2.05, 4.69) is 27.6 Å². The van der Waals surface area contributed by atoms with E-state index >= 15 is 0 Å². The van der Waals surface area contributed by atoms with E-state index in [4.69, 9.17) is 9.26 Å². The lowest BCUT2D eigenvalue weighted by atomic mass is 10.1. The fourth-order valence-electron chi connectivity index (χ4n) is 3.37. The van der Waals surface area contributed by atoms with Crippen LogP contribution >= 0.6 is 11.3 Å². The SMILES string of the molecule is COc1ccc(-c2onc(N3CCN(Cc4cccs4)CC3)c2C(=O)O)cc1. The van der Waals surface area contributed by atoms with Crippen LogP contribution in [0.15, 0.2) is 46.3 Å². The van der Waals surface area contributed by atoms with Crippen LogP contribution in [0.1, 0.15) is 15.2 Å². The highest BCUT2D eigenvalue weighted by Gasteiger charge is 2.29. The fraction of sp³-hybridized carbons (Fsp3) is 0.300. The molecule has 1 saturated heterocycles. The van der Waals surface area contributed by atoms with Gasteiger partial charge in [0.15, 0.2) is 17.1 Å². The molecule has 0 radical (unpaired) electrons. The van der Waals surface area contributed by atoms with Crippen molar-refractivity contribution in [3.63, 3.8) is 0 Å². The van der Waals surface area contributed by atoms with Crippen LogP contribution in [-0.4, -0.2) is 54.4 Å². The van der Waals surface area contributed by atoms with Crippen molar-refractivity contribution >= 4 is 23.1 Å². The Morgan fingerprint density at radius 1 is 1.21 bits per heavy atom. The quantitative estimate of drug-likeness (QED) is 0.680. The lowest BCUT2D eigenvalue weighted by Gasteiger charge is -2.34. The van der Waals surface area contributed by atoms with Gasteiger partial charge in [-0.2, -0.15) is 0 Å². The normalized spacial score (nSPS) is 15.0. The molecule has 0 unspecified atom stereocenters. The number of rotatable bonds is 6. The molecule has 8 heteroatoms. The highest BCUT2D eigenvalue weighted by atomic mass is 32.1. The number of benzene rings is 1. The average molecular weight is 399 g/mol. The van der Waals surface area contributed by atoms with Crippen molar-refractivity contribution in [1.82, 2.24) is 10.1 Å². The zero-order valence-corrected chi connectivity index (χ0v) is 16.3. The lowest BCUT2D eigenvalue weighted by molar-refractivity contribution is 0.0697. The van der Waals surface area contributed by atoms with E-state index in [-0.39, 0.29) is 11.3 Å². The van der Waals surface area contributed by atoms with Crippen molar-refractivity contribution in [2.45, 2.75) is 6.54 Å². The second-order valence-corrected chi connectivity index (χ2v) is 7.62. The molecule has 2 aromatic heterocycles. The second-order valence-electron chi connectivity index (χ2n) is 6.59. The Morgan fingerprint density at radius 2 is 1.96 bits per heavy atom. The van der Waals surface area contributed by atoms with Gasteiger partial charge in [0.25, 0.3) is 0 Å². The molecule has 7 nitrogen and oxygen atoms in total. The molecule has 1 aromatic carbocycles. The molecular formula is C20H21N3O4S. The van der Waals surface area contributed by atoms with Crippen molar-refractivity contribution in [2.75, 3.05) is 38.2 Å². The highest BCUT2D eigenvalue weighted by Crippen LogP contribution is 2.33. The van der Waals surface area contributed by atoms with Crippen LogP contribution in [0.4, 0.5) is 5.82 Å². The Bertz CT molecular complexity index is 929. The van der Waals surface area contributed by atoms with Crippen LogP contribution in [0.25, 0.3) is 11.3 Å². The average Bonchev–Trinajstić information content (AvgIpc) is 3.38. The number of hydrogen-bond acceptors (Lipinski definition) is 7. The summed E-state index contributed by atoms with van der Waals surface area (Å²) in [6.45, 7) is 4.04. The number of aromatic nitrogens is 1. The first-order valence-corrected chi connectivity index (χ1v) is 9.90. The molecule has 1 N–H and O–H groups in total. The first-order valence-electron chi connectivity index (χ1n) is 9.03. The van der Waals surface area contributed by atoms with Gasteiger partial charge in [-0.05, 0) is 35.7 Å². The monoisotopic (exact) mass is 399 g/mol. The molecule has 3 aromatic rings. The van der Waals surface area contributed by atoms with Crippen LogP contribution in [-0.2, 0) is 6.54 Å². The molecule has 1 aliphatic heterocycles. The predicted octanol–water partition coefficient (Wildman–Crippen LogP) is 3.43. The first-order chi connectivity index (χ1) is 13.7. The van der Waals surface area contributed by atoms with Gasteiger partial charge in [-0.1, -0.05) is 11.2 Å². The van der Waals surface area contributed by atoms with E-state index in [0.717, 1.165) is 19.6 Å². The van der Waals surface area contributed by atoms with Crippen LogP contribution < -0.4 is 9.64 Å². The number of aromatic carboxylic acids is 1. The zero-order valence-electron chi connectivity index (χ0n) is 15.5. The van der Waals surface area contributed by atoms with Crippen LogP contribution in [0.5, 0.6) is 5.75 Å². The number of thiophene rings is 1. The maximum atomic E-state index is 12.0. The molecule has 146 valence electrons. The van der Waals surface area contributed by atoms with E-state index in [1.807, 2.05) is 4.90 Å². The van der Waals surface area contributed by atoms with Crippen molar-refractivity contribution < 1.29 is 19.2 Å². The van der Waals surface area contributed by atoms with Crippen LogP contribution in [0.2, 0.25) is 0 Å². The molecule has 3 heterocycles. The molecule has 0 atom stereocenters. The van der Waals surface area contributed by atoms with Crippen molar-refractivity contribution in [3.05, 3.63) is 52.2 Å². The first kappa shape index (κ1) is 18.5. The smallest absolute Gasteiger partial charge is 0.343 e. The molecular weight excluding hydrogens is 378 g/mol. The molecule has 0 spiro atoms. The van der Waals surface area contributed by atoms with Gasteiger partial charge in [-0.25, -0.2) is 4.79 Å². The summed E-state index contributed by atoms with van der Waals surface area (Å²) in [5, 5.41) is 16.0. The Labute approximate surface area is 166 Å². The van der Waals surface area contributed by atoms with Gasteiger partial charge in [0.05, 0.1) is 7.11 Å². The number of hydrogen-bond donors (Lipinski definition) is 1. The molecule has 1 aliphatic rings. The van der Waals surface area contributed by atoms with Gasteiger partial charge in [0.1, 0.15) is 5.75 Å². The van der Waals surface area contributed by atoms with Gasteiger partial charge < -0.3 is 19.3 Å². The number of carbonyl (C=O) groups is 1. The summed E-state index contributed by atoms with van der Waals surface area (Å²) in [4.78, 5) is 17.7. The van der Waals surface area contributed by atoms with Gasteiger partial charge in [0.2, 0.25) is 0 Å². The van der Waals surface area contributed by atoms with E-state index < -0.39 is 5.97 Å². The minimum Gasteiger partial charge on any atom is -0.497 e. The number of anilines is 1. The number of nitrogens with zero attached hydrogens (tertiary/aromatic N) is 3. The Morgan fingerprint density at radius 3 is 2.57 bits per heavy atom. The summed E-state index contributed by atoms with van der Waals surface area (Å²) in [7, 11) is 1.59. The predicted molar refractivity (Wildman–Crippen MR) is 107 cm³/mol. The molecule has 1 fully saturated rings. The molecule has 4 rings (SSSR count). The molecule has 0 saturated carbocycles. The largest absolute Gasteiger partial charge is 0.497 e. The Balaban J connectivity index is 1.52. The van der Waals surface area contributed by atoms with Gasteiger partial charge in [0, 0.05) is 43.2 Å². The second kappa shape index (κ2) is 8.04. The Hall–Kier alpha value is -2.84. The summed E-state index contributed by atoms with van der Waals surface area (Å²) in [6.07, 6.45) is 0. The topological polar surface area (TPSA) is 79.0 Å². The molecule has 0 aliphatic carbocycles. The summed E-state index contributed by atoms with van der Waals surface area (Å²) < 4.78 is 10.6. The summed E-state index contributed by atoms with van der Waals surface area (Å²) >= 11 is 1.75. The van der Waals surface area contributed by atoms with E-state index in [0.29, 0.717) is 30.2 Å². The van der Waals surface area contributed by atoms with E-state index in [1.54, 1.807) is 42.7 Å². The zero-order chi connectivity index (χ0) is 19.5. The molecule has 0 amide bonds. The maximum Gasteiger partial charge on any atom is 0.343 e. The standard InChI is InChI=1S/C20H21N3O4S/c1-26-15-6-4-14(5-7-15)18-17(20(24)25)19(21-27-18)23-10-8-22(9-11-23)13-16-3-2-12-28-16/h2-7,12H,8-11,13H2,1H3,(H,24,25). The number of piperazine rings is 1. The third-order valence-corrected chi connectivity index (χ3v) is 5.73. The van der Waals surface area contributed by atoms with Crippen molar-refractivity contribution in [1.29, 1.82) is 0 Å². The molecule has 0 bridgehead atoms. The number of carboxylic acids is 1. The number of ether oxygens (including phenoxy) is 1. The van der Waals surface area contributed by atoms with E-state index in [1.165, 1.54) is 4.88 Å². The van der Waals surface area contributed by atoms with Crippen molar-refractivity contribution in [3.8, 4) is 17.1 Å². The van der Waals surface area contributed by atoms with Gasteiger partial charge in [-0.15, -0.1) is 11.3 Å². The number of methoxy groups -OCH3 is 1. The van der Waals surface area contributed by atoms with Crippen molar-refractivity contribution in [2.24, 2.45) is 0 Å². The maximum absolute atomic E-state index is 12.0.